The number of fused-ring (bicyclic) bond motifs is 1. The zero-order valence-corrected chi connectivity index (χ0v) is 8.98. The summed E-state index contributed by atoms with van der Waals surface area (Å²) >= 11 is 0. The van der Waals surface area contributed by atoms with Gasteiger partial charge in [0.2, 0.25) is 0 Å². The minimum atomic E-state index is 0.250. The molecule has 84 valence electrons. The molecule has 2 N–H and O–H groups in total. The normalized spacial score (nSPS) is 9.38. The Morgan fingerprint density at radius 1 is 1.50 bits per heavy atom. The van der Waals surface area contributed by atoms with Crippen LogP contribution in [0.2, 0.25) is 0 Å². The molecule has 16 heavy (non-hydrogen) atoms. The van der Waals surface area contributed by atoms with Crippen LogP contribution < -0.4 is 5.73 Å². The fourth-order valence-electron chi connectivity index (χ4n) is 1.38. The first-order chi connectivity index (χ1) is 7.63. The maximum atomic E-state index is 8.12. The van der Waals surface area contributed by atoms with Crippen LogP contribution in [0, 0.1) is 6.92 Å². The lowest BCUT2D eigenvalue weighted by Crippen LogP contribution is -1.91. The van der Waals surface area contributed by atoms with Crippen LogP contribution in [0.5, 0.6) is 0 Å². The standard InChI is InChI=1S/C9H11N3O.CO2/c1-3-6-4-7-8(10)12-13-9(7)11-5(6)2;2-1-3/h4H,3H2,1-2H3,(H2,10,12);. The highest BCUT2D eigenvalue weighted by atomic mass is 16.5. The van der Waals surface area contributed by atoms with Crippen molar-refractivity contribution in [3.8, 4) is 0 Å². The molecule has 2 heterocycles. The molecule has 2 aromatic heterocycles. The molecule has 0 unspecified atom stereocenters. The summed E-state index contributed by atoms with van der Waals surface area (Å²) in [6.45, 7) is 4.04. The molecule has 0 aliphatic carbocycles. The topological polar surface area (TPSA) is 99.1 Å². The van der Waals surface area contributed by atoms with Crippen LogP contribution >= 0.6 is 0 Å². The minimum Gasteiger partial charge on any atom is -0.380 e. The van der Waals surface area contributed by atoms with Crippen LogP contribution in [0.15, 0.2) is 10.6 Å². The molecule has 6 heteroatoms. The van der Waals surface area contributed by atoms with Gasteiger partial charge in [-0.3, -0.25) is 0 Å². The molecule has 0 aliphatic heterocycles. The second-order valence-corrected chi connectivity index (χ2v) is 3.09. The lowest BCUT2D eigenvalue weighted by atomic mass is 10.1. The van der Waals surface area contributed by atoms with Gasteiger partial charge in [0, 0.05) is 5.69 Å². The third-order valence-electron chi connectivity index (χ3n) is 2.17. The molecule has 0 bridgehead atoms. The highest BCUT2D eigenvalue weighted by Crippen LogP contribution is 2.21. The van der Waals surface area contributed by atoms with Crippen molar-refractivity contribution in [3.05, 3.63) is 17.3 Å². The monoisotopic (exact) mass is 221 g/mol. The molecular weight excluding hydrogens is 210 g/mol. The lowest BCUT2D eigenvalue weighted by Gasteiger charge is -1.99. The van der Waals surface area contributed by atoms with Crippen LogP contribution in [0.4, 0.5) is 5.82 Å². The predicted molar refractivity (Wildman–Crippen MR) is 55.3 cm³/mol. The molecule has 0 spiro atoms. The summed E-state index contributed by atoms with van der Waals surface area (Å²) in [5.74, 6) is 0.414. The van der Waals surface area contributed by atoms with E-state index in [1.54, 1.807) is 0 Å². The summed E-state index contributed by atoms with van der Waals surface area (Å²) in [5.41, 5.74) is 8.29. The number of aryl methyl sites for hydroxylation is 2. The minimum absolute atomic E-state index is 0.250. The van der Waals surface area contributed by atoms with Crippen molar-refractivity contribution in [3.63, 3.8) is 0 Å². The van der Waals surface area contributed by atoms with E-state index < -0.39 is 0 Å². The van der Waals surface area contributed by atoms with E-state index >= 15 is 0 Å². The van der Waals surface area contributed by atoms with Crippen molar-refractivity contribution in [2.75, 3.05) is 5.73 Å². The summed E-state index contributed by atoms with van der Waals surface area (Å²) < 4.78 is 4.94. The second kappa shape index (κ2) is 5.04. The molecule has 0 saturated heterocycles. The Morgan fingerprint density at radius 3 is 2.69 bits per heavy atom. The van der Waals surface area contributed by atoms with Crippen LogP contribution in [0.25, 0.3) is 11.1 Å². The van der Waals surface area contributed by atoms with E-state index in [1.165, 1.54) is 5.56 Å². The Balaban J connectivity index is 0.000000386. The summed E-state index contributed by atoms with van der Waals surface area (Å²) in [7, 11) is 0. The van der Waals surface area contributed by atoms with E-state index in [-0.39, 0.29) is 6.15 Å². The highest BCUT2D eigenvalue weighted by Gasteiger charge is 2.08. The summed E-state index contributed by atoms with van der Waals surface area (Å²) in [6.07, 6.45) is 1.19. The first kappa shape index (κ1) is 11.9. The molecule has 0 radical (unpaired) electrons. The van der Waals surface area contributed by atoms with Gasteiger partial charge in [-0.25, -0.2) is 4.98 Å². The molecule has 0 aromatic carbocycles. The van der Waals surface area contributed by atoms with E-state index in [2.05, 4.69) is 17.1 Å². The number of hydrogen-bond acceptors (Lipinski definition) is 6. The van der Waals surface area contributed by atoms with Gasteiger partial charge in [-0.05, 0) is 25.0 Å². The first-order valence-electron chi connectivity index (χ1n) is 4.64. The van der Waals surface area contributed by atoms with Crippen molar-refractivity contribution < 1.29 is 14.1 Å². The molecule has 0 saturated carbocycles. The Hall–Kier alpha value is -2.20. The summed E-state index contributed by atoms with van der Waals surface area (Å²) in [5, 5.41) is 4.46. The van der Waals surface area contributed by atoms with Crippen LogP contribution in [0.1, 0.15) is 18.2 Å². The molecule has 2 rings (SSSR count). The number of rotatable bonds is 1. The zero-order valence-electron chi connectivity index (χ0n) is 8.98. The second-order valence-electron chi connectivity index (χ2n) is 3.09. The number of carbonyl (C=O) groups excluding carboxylic acids is 2. The molecule has 0 aliphatic rings. The lowest BCUT2D eigenvalue weighted by molar-refractivity contribution is -0.191. The number of nitrogens with zero attached hydrogens (tertiary/aromatic N) is 2. The quantitative estimate of drug-likeness (QED) is 0.773. The fraction of sp³-hybridized carbons (Fsp3) is 0.300. The maximum absolute atomic E-state index is 8.12. The van der Waals surface area contributed by atoms with Crippen LogP contribution in [-0.4, -0.2) is 16.3 Å². The number of hydrogen-bond donors (Lipinski definition) is 1. The fourth-order valence-corrected chi connectivity index (χ4v) is 1.38. The summed E-state index contributed by atoms with van der Waals surface area (Å²) in [4.78, 5) is 20.5. The maximum Gasteiger partial charge on any atom is 0.373 e. The average Bonchev–Trinajstić information content (AvgIpc) is 2.60. The predicted octanol–water partition coefficient (Wildman–Crippen LogP) is 1.09. The third kappa shape index (κ3) is 2.24. The van der Waals surface area contributed by atoms with Gasteiger partial charge >= 0.3 is 6.15 Å². The molecule has 6 nitrogen and oxygen atoms in total. The molecule has 0 amide bonds. The zero-order chi connectivity index (χ0) is 12.1. The molecular formula is C10H11N3O3. The Morgan fingerprint density at radius 2 is 2.12 bits per heavy atom. The molecule has 0 atom stereocenters. The largest absolute Gasteiger partial charge is 0.380 e. The summed E-state index contributed by atoms with van der Waals surface area (Å²) in [6, 6.07) is 1.99. The van der Waals surface area contributed by atoms with E-state index in [1.807, 2.05) is 13.0 Å². The van der Waals surface area contributed by atoms with Gasteiger partial charge < -0.3 is 10.3 Å². The Labute approximate surface area is 91.4 Å². The van der Waals surface area contributed by atoms with E-state index in [0.29, 0.717) is 11.5 Å². The third-order valence-corrected chi connectivity index (χ3v) is 2.17. The van der Waals surface area contributed by atoms with Crippen LogP contribution in [-0.2, 0) is 16.0 Å². The van der Waals surface area contributed by atoms with Gasteiger partial charge in [-0.2, -0.15) is 9.59 Å². The van der Waals surface area contributed by atoms with Crippen molar-refractivity contribution in [1.29, 1.82) is 0 Å². The smallest absolute Gasteiger partial charge is 0.373 e. The van der Waals surface area contributed by atoms with E-state index in [4.69, 9.17) is 19.8 Å². The van der Waals surface area contributed by atoms with Gasteiger partial charge in [0.25, 0.3) is 5.71 Å². The first-order valence-corrected chi connectivity index (χ1v) is 4.64. The van der Waals surface area contributed by atoms with E-state index in [0.717, 1.165) is 17.5 Å². The SMILES string of the molecule is CCc1cc2c(N)noc2nc1C.O=C=O. The van der Waals surface area contributed by atoms with E-state index in [9.17, 15) is 0 Å². The van der Waals surface area contributed by atoms with Crippen molar-refractivity contribution >= 4 is 23.1 Å². The van der Waals surface area contributed by atoms with Gasteiger partial charge in [-0.15, -0.1) is 0 Å². The van der Waals surface area contributed by atoms with Crippen LogP contribution in [0.3, 0.4) is 0 Å². The average molecular weight is 221 g/mol. The molecule has 0 fully saturated rings. The Bertz CT molecular complexity index is 527. The van der Waals surface area contributed by atoms with Crippen molar-refractivity contribution in [1.82, 2.24) is 10.1 Å². The highest BCUT2D eigenvalue weighted by molar-refractivity contribution is 5.84. The number of pyridine rings is 1. The number of aromatic nitrogens is 2. The van der Waals surface area contributed by atoms with Gasteiger partial charge in [0.05, 0.1) is 5.39 Å². The number of anilines is 1. The molecule has 2 aromatic rings. The number of nitrogens with two attached hydrogens (primary N) is 1. The van der Waals surface area contributed by atoms with Crippen molar-refractivity contribution in [2.45, 2.75) is 20.3 Å². The number of nitrogen functional groups attached to an aromatic ring is 1. The van der Waals surface area contributed by atoms with Crippen molar-refractivity contribution in [2.24, 2.45) is 0 Å². The van der Waals surface area contributed by atoms with Gasteiger partial charge in [-0.1, -0.05) is 12.1 Å². The Kier molecular flexibility index (Phi) is 3.74. The van der Waals surface area contributed by atoms with Gasteiger partial charge in [0.1, 0.15) is 0 Å². The van der Waals surface area contributed by atoms with Gasteiger partial charge in [0.15, 0.2) is 5.82 Å².